The highest BCUT2D eigenvalue weighted by atomic mass is 35.5. The van der Waals surface area contributed by atoms with Gasteiger partial charge in [0.05, 0.1) is 13.2 Å². The first-order valence-corrected chi connectivity index (χ1v) is 8.68. The van der Waals surface area contributed by atoms with E-state index in [0.29, 0.717) is 37.1 Å². The van der Waals surface area contributed by atoms with Crippen molar-refractivity contribution in [2.24, 2.45) is 0 Å². The van der Waals surface area contributed by atoms with Crippen LogP contribution >= 0.6 is 12.4 Å². The highest BCUT2D eigenvalue weighted by molar-refractivity contribution is 5.97. The van der Waals surface area contributed by atoms with Crippen LogP contribution in [0.5, 0.6) is 0 Å². The Morgan fingerprint density at radius 2 is 2.00 bits per heavy atom. The van der Waals surface area contributed by atoms with Crippen molar-refractivity contribution in [2.75, 3.05) is 31.6 Å². The molecular formula is C18H26ClN3O3. The minimum absolute atomic E-state index is 0. The van der Waals surface area contributed by atoms with Gasteiger partial charge in [-0.05, 0) is 50.5 Å². The average molecular weight is 368 g/mol. The molecule has 2 unspecified atom stereocenters. The molecule has 138 valence electrons. The molecule has 7 heteroatoms. The minimum atomic E-state index is -0.325. The summed E-state index contributed by atoms with van der Waals surface area (Å²) in [5.41, 5.74) is 1.36. The van der Waals surface area contributed by atoms with Gasteiger partial charge >= 0.3 is 0 Å². The molecule has 0 bridgehead atoms. The van der Waals surface area contributed by atoms with Crippen molar-refractivity contribution in [3.63, 3.8) is 0 Å². The summed E-state index contributed by atoms with van der Waals surface area (Å²) in [5.74, 6) is -0.0409. The molecule has 0 spiro atoms. The maximum absolute atomic E-state index is 12.6. The molecule has 1 aromatic carbocycles. The Morgan fingerprint density at radius 1 is 1.24 bits per heavy atom. The number of rotatable bonds is 3. The predicted molar refractivity (Wildman–Crippen MR) is 99.3 cm³/mol. The lowest BCUT2D eigenvalue weighted by molar-refractivity contribution is -0.120. The van der Waals surface area contributed by atoms with Crippen LogP contribution in [0.2, 0.25) is 0 Å². The molecule has 2 amide bonds. The topological polar surface area (TPSA) is 70.7 Å². The predicted octanol–water partition coefficient (Wildman–Crippen LogP) is 2.05. The Labute approximate surface area is 154 Å². The number of piperidine rings is 1. The largest absolute Gasteiger partial charge is 0.378 e. The van der Waals surface area contributed by atoms with E-state index in [1.54, 1.807) is 24.3 Å². The minimum Gasteiger partial charge on any atom is -0.378 e. The van der Waals surface area contributed by atoms with Gasteiger partial charge in [-0.15, -0.1) is 12.4 Å². The van der Waals surface area contributed by atoms with Crippen LogP contribution in [0, 0.1) is 0 Å². The summed E-state index contributed by atoms with van der Waals surface area (Å²) in [5, 5.41) is 5.98. The first-order valence-electron chi connectivity index (χ1n) is 8.68. The van der Waals surface area contributed by atoms with Crippen LogP contribution in [0.1, 0.15) is 36.5 Å². The van der Waals surface area contributed by atoms with Crippen molar-refractivity contribution in [1.82, 2.24) is 10.2 Å². The number of anilines is 1. The van der Waals surface area contributed by atoms with Gasteiger partial charge in [-0.2, -0.15) is 0 Å². The number of carbonyl (C=O) groups excluding carboxylic acids is 2. The van der Waals surface area contributed by atoms with Crippen molar-refractivity contribution in [3.05, 3.63) is 29.8 Å². The molecule has 0 aromatic heterocycles. The van der Waals surface area contributed by atoms with Gasteiger partial charge in [-0.1, -0.05) is 0 Å². The number of carbonyl (C=O) groups is 2. The maximum Gasteiger partial charge on any atom is 0.254 e. The van der Waals surface area contributed by atoms with Gasteiger partial charge < -0.3 is 20.3 Å². The first kappa shape index (κ1) is 19.7. The van der Waals surface area contributed by atoms with Gasteiger partial charge in [0.2, 0.25) is 5.91 Å². The summed E-state index contributed by atoms with van der Waals surface area (Å²) >= 11 is 0. The zero-order chi connectivity index (χ0) is 16.9. The molecule has 2 aliphatic rings. The quantitative estimate of drug-likeness (QED) is 0.857. The SMILES string of the molecule is CC1CCCCN1C(=O)c1ccc(NC(=O)C2COCCN2)cc1.Cl. The second-order valence-electron chi connectivity index (χ2n) is 6.49. The van der Waals surface area contributed by atoms with Crippen LogP contribution in [0.15, 0.2) is 24.3 Å². The normalized spacial score (nSPS) is 23.5. The van der Waals surface area contributed by atoms with Gasteiger partial charge in [0.15, 0.2) is 0 Å². The molecule has 6 nitrogen and oxygen atoms in total. The number of morpholine rings is 1. The molecular weight excluding hydrogens is 342 g/mol. The zero-order valence-electron chi connectivity index (χ0n) is 14.5. The van der Waals surface area contributed by atoms with Crippen molar-refractivity contribution in [1.29, 1.82) is 0 Å². The first-order chi connectivity index (χ1) is 11.6. The van der Waals surface area contributed by atoms with Crippen LogP contribution < -0.4 is 10.6 Å². The third-order valence-corrected chi connectivity index (χ3v) is 4.70. The summed E-state index contributed by atoms with van der Waals surface area (Å²) in [6.45, 7) is 4.63. The van der Waals surface area contributed by atoms with E-state index in [4.69, 9.17) is 4.74 Å². The lowest BCUT2D eigenvalue weighted by Gasteiger charge is -2.33. The maximum atomic E-state index is 12.6. The molecule has 1 aromatic rings. The number of nitrogens with one attached hydrogen (secondary N) is 2. The van der Waals surface area contributed by atoms with E-state index in [9.17, 15) is 9.59 Å². The van der Waals surface area contributed by atoms with Crippen LogP contribution in [-0.4, -0.2) is 55.1 Å². The van der Waals surface area contributed by atoms with E-state index in [2.05, 4.69) is 17.6 Å². The number of likely N-dealkylation sites (tertiary alicyclic amines) is 1. The second-order valence-corrected chi connectivity index (χ2v) is 6.49. The van der Waals surface area contributed by atoms with Crippen molar-refractivity contribution in [2.45, 2.75) is 38.3 Å². The third-order valence-electron chi connectivity index (χ3n) is 4.70. The molecule has 2 atom stereocenters. The van der Waals surface area contributed by atoms with Gasteiger partial charge in [-0.25, -0.2) is 0 Å². The fourth-order valence-electron chi connectivity index (χ4n) is 3.22. The number of nitrogens with zero attached hydrogens (tertiary/aromatic N) is 1. The van der Waals surface area contributed by atoms with Crippen molar-refractivity contribution < 1.29 is 14.3 Å². The highest BCUT2D eigenvalue weighted by Gasteiger charge is 2.24. The Kier molecular flexibility index (Phi) is 7.23. The third kappa shape index (κ3) is 4.93. The van der Waals surface area contributed by atoms with Crippen molar-refractivity contribution >= 4 is 29.9 Å². The zero-order valence-corrected chi connectivity index (χ0v) is 15.3. The standard InChI is InChI=1S/C18H25N3O3.ClH/c1-13-4-2-3-10-21(13)18(23)14-5-7-15(8-6-14)20-17(22)16-12-24-11-9-19-16;/h5-8,13,16,19H,2-4,9-12H2,1H3,(H,20,22);1H. The molecule has 2 heterocycles. The van der Waals surface area contributed by atoms with Gasteiger partial charge in [-0.3, -0.25) is 9.59 Å². The average Bonchev–Trinajstić information content (AvgIpc) is 2.63. The fraction of sp³-hybridized carbons (Fsp3) is 0.556. The summed E-state index contributed by atoms with van der Waals surface area (Å²) in [4.78, 5) is 26.7. The molecule has 2 fully saturated rings. The number of hydrogen-bond donors (Lipinski definition) is 2. The van der Waals surface area contributed by atoms with E-state index >= 15 is 0 Å². The van der Waals surface area contributed by atoms with E-state index in [0.717, 1.165) is 19.4 Å². The van der Waals surface area contributed by atoms with E-state index in [1.807, 2.05) is 4.90 Å². The monoisotopic (exact) mass is 367 g/mol. The molecule has 3 rings (SSSR count). The van der Waals surface area contributed by atoms with Crippen LogP contribution in [0.3, 0.4) is 0 Å². The number of benzene rings is 1. The highest BCUT2D eigenvalue weighted by Crippen LogP contribution is 2.20. The number of amides is 2. The Balaban J connectivity index is 0.00000225. The smallest absolute Gasteiger partial charge is 0.254 e. The van der Waals surface area contributed by atoms with Crippen LogP contribution in [0.25, 0.3) is 0 Å². The molecule has 2 aliphatic heterocycles. The Hall–Kier alpha value is -1.63. The summed E-state index contributed by atoms with van der Waals surface area (Å²) in [6.07, 6.45) is 3.33. The van der Waals surface area contributed by atoms with E-state index in [1.165, 1.54) is 6.42 Å². The van der Waals surface area contributed by atoms with Gasteiger partial charge in [0.25, 0.3) is 5.91 Å². The fourth-order valence-corrected chi connectivity index (χ4v) is 3.22. The Bertz CT molecular complexity index is 588. The van der Waals surface area contributed by atoms with E-state index in [-0.39, 0.29) is 30.3 Å². The summed E-state index contributed by atoms with van der Waals surface area (Å²) in [7, 11) is 0. The lowest BCUT2D eigenvalue weighted by Crippen LogP contribution is -2.48. The van der Waals surface area contributed by atoms with Gasteiger partial charge in [0.1, 0.15) is 6.04 Å². The van der Waals surface area contributed by atoms with Crippen LogP contribution in [-0.2, 0) is 9.53 Å². The van der Waals surface area contributed by atoms with Crippen LogP contribution in [0.4, 0.5) is 5.69 Å². The second kappa shape index (κ2) is 9.17. The Morgan fingerprint density at radius 3 is 2.64 bits per heavy atom. The number of hydrogen-bond acceptors (Lipinski definition) is 4. The summed E-state index contributed by atoms with van der Waals surface area (Å²) in [6, 6.07) is 7.10. The molecule has 0 radical (unpaired) electrons. The summed E-state index contributed by atoms with van der Waals surface area (Å²) < 4.78 is 5.30. The number of ether oxygens (including phenoxy) is 1. The van der Waals surface area contributed by atoms with E-state index < -0.39 is 0 Å². The molecule has 0 aliphatic carbocycles. The molecule has 0 saturated carbocycles. The lowest BCUT2D eigenvalue weighted by atomic mass is 10.0. The molecule has 2 N–H and O–H groups in total. The van der Waals surface area contributed by atoms with Crippen molar-refractivity contribution in [3.8, 4) is 0 Å². The van der Waals surface area contributed by atoms with Gasteiger partial charge in [0, 0.05) is 30.4 Å². The molecule has 2 saturated heterocycles. The molecule has 25 heavy (non-hydrogen) atoms. The number of halogens is 1.